The Labute approximate surface area is 116 Å². The molecule has 1 aliphatic heterocycles. The van der Waals surface area contributed by atoms with Crippen LogP contribution < -0.4 is 0 Å². The van der Waals surface area contributed by atoms with E-state index in [-0.39, 0.29) is 24.7 Å². The molecule has 2 rings (SSSR count). The van der Waals surface area contributed by atoms with E-state index in [9.17, 15) is 4.79 Å². The fourth-order valence-corrected chi connectivity index (χ4v) is 1.76. The second-order valence-corrected chi connectivity index (χ2v) is 4.49. The van der Waals surface area contributed by atoms with Crippen molar-refractivity contribution in [3.8, 4) is 0 Å². The first-order valence-electron chi connectivity index (χ1n) is 5.87. The summed E-state index contributed by atoms with van der Waals surface area (Å²) in [6.45, 7) is 2.52. The Bertz CT molecular complexity index is 460. The molecule has 0 spiro atoms. The highest BCUT2D eigenvalue weighted by Gasteiger charge is 2.22. The summed E-state index contributed by atoms with van der Waals surface area (Å²) in [5.74, 6) is 0. The van der Waals surface area contributed by atoms with E-state index < -0.39 is 0 Å². The standard InChI is InChI=1S/C13H14ClNO4/c1-9-17-7-12(19-9)8-18-15-13(6-16)10-2-4-11(14)5-3-10/h2-6,9,12H,7-8H2,1H3. The molecule has 1 aromatic carbocycles. The molecule has 1 heterocycles. The molecule has 0 aliphatic carbocycles. The second-order valence-electron chi connectivity index (χ2n) is 4.06. The predicted molar refractivity (Wildman–Crippen MR) is 70.3 cm³/mol. The molecular formula is C13H14ClNO4. The summed E-state index contributed by atoms with van der Waals surface area (Å²) in [5.41, 5.74) is 0.861. The summed E-state index contributed by atoms with van der Waals surface area (Å²) < 4.78 is 10.6. The van der Waals surface area contributed by atoms with Gasteiger partial charge in [-0.3, -0.25) is 4.79 Å². The van der Waals surface area contributed by atoms with E-state index in [2.05, 4.69) is 5.16 Å². The van der Waals surface area contributed by atoms with Gasteiger partial charge in [-0.15, -0.1) is 0 Å². The molecule has 1 fully saturated rings. The zero-order valence-corrected chi connectivity index (χ0v) is 11.2. The maximum Gasteiger partial charge on any atom is 0.172 e. The highest BCUT2D eigenvalue weighted by atomic mass is 35.5. The van der Waals surface area contributed by atoms with Gasteiger partial charge in [0.1, 0.15) is 18.4 Å². The predicted octanol–water partition coefficient (Wildman–Crippen LogP) is 2.02. The zero-order valence-electron chi connectivity index (χ0n) is 10.4. The Morgan fingerprint density at radius 1 is 1.53 bits per heavy atom. The number of hydrogen-bond donors (Lipinski definition) is 0. The van der Waals surface area contributed by atoms with Crippen LogP contribution in [0.5, 0.6) is 0 Å². The molecule has 1 aromatic rings. The van der Waals surface area contributed by atoms with Gasteiger partial charge in [-0.2, -0.15) is 0 Å². The van der Waals surface area contributed by atoms with Gasteiger partial charge in [-0.1, -0.05) is 28.9 Å². The van der Waals surface area contributed by atoms with Gasteiger partial charge in [0.05, 0.1) is 6.61 Å². The molecular weight excluding hydrogens is 270 g/mol. The monoisotopic (exact) mass is 283 g/mol. The number of benzene rings is 1. The van der Waals surface area contributed by atoms with E-state index in [1.54, 1.807) is 24.3 Å². The molecule has 6 heteroatoms. The highest BCUT2D eigenvalue weighted by molar-refractivity contribution is 6.36. The number of carbonyl (C=O) groups is 1. The third-order valence-electron chi connectivity index (χ3n) is 2.58. The van der Waals surface area contributed by atoms with Crippen LogP contribution in [-0.2, 0) is 19.1 Å². The van der Waals surface area contributed by atoms with Crippen molar-refractivity contribution < 1.29 is 19.1 Å². The zero-order chi connectivity index (χ0) is 13.7. The van der Waals surface area contributed by atoms with Crippen LogP contribution in [0, 0.1) is 0 Å². The third kappa shape index (κ3) is 4.02. The molecule has 0 bridgehead atoms. The normalized spacial score (nSPS) is 23.4. The quantitative estimate of drug-likeness (QED) is 0.471. The molecule has 19 heavy (non-hydrogen) atoms. The minimum atomic E-state index is -0.223. The number of carbonyl (C=O) groups excluding carboxylic acids is 1. The Balaban J connectivity index is 1.92. The highest BCUT2D eigenvalue weighted by Crippen LogP contribution is 2.12. The molecule has 0 aromatic heterocycles. The molecule has 2 unspecified atom stereocenters. The SMILES string of the molecule is CC1OCC(CON=C(C=O)c2ccc(Cl)cc2)O1. The van der Waals surface area contributed by atoms with Crippen molar-refractivity contribution in [1.29, 1.82) is 0 Å². The maximum absolute atomic E-state index is 11.0. The van der Waals surface area contributed by atoms with Crippen LogP contribution in [0.15, 0.2) is 29.4 Å². The van der Waals surface area contributed by atoms with Gasteiger partial charge in [0, 0.05) is 10.6 Å². The van der Waals surface area contributed by atoms with Crippen molar-refractivity contribution in [2.45, 2.75) is 19.3 Å². The third-order valence-corrected chi connectivity index (χ3v) is 2.83. The van der Waals surface area contributed by atoms with Crippen molar-refractivity contribution in [2.24, 2.45) is 5.16 Å². The van der Waals surface area contributed by atoms with Gasteiger partial charge in [0.2, 0.25) is 0 Å². The van der Waals surface area contributed by atoms with Gasteiger partial charge >= 0.3 is 0 Å². The summed E-state index contributed by atoms with van der Waals surface area (Å²) in [7, 11) is 0. The number of nitrogens with zero attached hydrogens (tertiary/aromatic N) is 1. The summed E-state index contributed by atoms with van der Waals surface area (Å²) in [6, 6.07) is 6.78. The summed E-state index contributed by atoms with van der Waals surface area (Å²) in [5, 5.41) is 4.40. The van der Waals surface area contributed by atoms with Gasteiger partial charge in [0.25, 0.3) is 0 Å². The van der Waals surface area contributed by atoms with Crippen molar-refractivity contribution in [2.75, 3.05) is 13.2 Å². The Morgan fingerprint density at radius 3 is 2.84 bits per heavy atom. The molecule has 1 saturated heterocycles. The summed E-state index contributed by atoms with van der Waals surface area (Å²) >= 11 is 5.77. The van der Waals surface area contributed by atoms with E-state index in [1.165, 1.54) is 0 Å². The van der Waals surface area contributed by atoms with E-state index in [1.807, 2.05) is 6.92 Å². The van der Waals surface area contributed by atoms with Crippen molar-refractivity contribution in [1.82, 2.24) is 0 Å². The summed E-state index contributed by atoms with van der Waals surface area (Å²) in [4.78, 5) is 16.1. The van der Waals surface area contributed by atoms with E-state index >= 15 is 0 Å². The molecule has 0 saturated carbocycles. The number of hydrogen-bond acceptors (Lipinski definition) is 5. The largest absolute Gasteiger partial charge is 0.392 e. The minimum Gasteiger partial charge on any atom is -0.392 e. The van der Waals surface area contributed by atoms with Crippen LogP contribution in [-0.4, -0.2) is 37.6 Å². The first-order chi connectivity index (χ1) is 9.19. The molecule has 0 N–H and O–H groups in total. The Morgan fingerprint density at radius 2 is 2.26 bits per heavy atom. The van der Waals surface area contributed by atoms with Crippen molar-refractivity contribution in [3.63, 3.8) is 0 Å². The second kappa shape index (κ2) is 6.65. The lowest BCUT2D eigenvalue weighted by molar-refractivity contribution is -0.102. The van der Waals surface area contributed by atoms with Crippen LogP contribution in [0.2, 0.25) is 5.02 Å². The lowest BCUT2D eigenvalue weighted by Gasteiger charge is -2.07. The van der Waals surface area contributed by atoms with Crippen LogP contribution >= 0.6 is 11.6 Å². The average Bonchev–Trinajstić information content (AvgIpc) is 2.82. The number of aldehydes is 1. The van der Waals surface area contributed by atoms with Gasteiger partial charge in [-0.25, -0.2) is 0 Å². The van der Waals surface area contributed by atoms with Crippen LogP contribution in [0.1, 0.15) is 12.5 Å². The van der Waals surface area contributed by atoms with Crippen molar-refractivity contribution in [3.05, 3.63) is 34.9 Å². The molecule has 2 atom stereocenters. The minimum absolute atomic E-state index is 0.156. The van der Waals surface area contributed by atoms with Crippen molar-refractivity contribution >= 4 is 23.6 Å². The molecule has 0 amide bonds. The van der Waals surface area contributed by atoms with E-state index in [4.69, 9.17) is 25.9 Å². The van der Waals surface area contributed by atoms with Gasteiger partial charge in [-0.05, 0) is 19.1 Å². The number of ether oxygens (including phenoxy) is 2. The molecule has 1 aliphatic rings. The van der Waals surface area contributed by atoms with Crippen LogP contribution in [0.25, 0.3) is 0 Å². The lowest BCUT2D eigenvalue weighted by atomic mass is 10.1. The van der Waals surface area contributed by atoms with E-state index in [0.717, 1.165) is 0 Å². The van der Waals surface area contributed by atoms with Gasteiger partial charge in [0.15, 0.2) is 12.6 Å². The number of oxime groups is 1. The Kier molecular flexibility index (Phi) is 4.90. The molecule has 102 valence electrons. The Hall–Kier alpha value is -1.43. The first-order valence-corrected chi connectivity index (χ1v) is 6.25. The van der Waals surface area contributed by atoms with Crippen LogP contribution in [0.4, 0.5) is 0 Å². The maximum atomic E-state index is 11.0. The topological polar surface area (TPSA) is 57.1 Å². The average molecular weight is 284 g/mol. The summed E-state index contributed by atoms with van der Waals surface area (Å²) in [6.07, 6.45) is 0.258. The fourth-order valence-electron chi connectivity index (χ4n) is 1.63. The number of rotatable bonds is 5. The smallest absolute Gasteiger partial charge is 0.172 e. The number of halogens is 1. The van der Waals surface area contributed by atoms with Gasteiger partial charge < -0.3 is 14.3 Å². The fraction of sp³-hybridized carbons (Fsp3) is 0.385. The van der Waals surface area contributed by atoms with Crippen LogP contribution in [0.3, 0.4) is 0 Å². The molecule has 5 nitrogen and oxygen atoms in total. The first kappa shape index (κ1) is 14.0. The lowest BCUT2D eigenvalue weighted by Crippen LogP contribution is -2.17. The molecule has 0 radical (unpaired) electrons. The van der Waals surface area contributed by atoms with E-state index in [0.29, 0.717) is 23.5 Å².